The molecule has 0 amide bonds. The minimum atomic E-state index is -4.26. The summed E-state index contributed by atoms with van der Waals surface area (Å²) in [4.78, 5) is 21.5. The van der Waals surface area contributed by atoms with E-state index in [1.54, 1.807) is 6.92 Å². The highest BCUT2D eigenvalue weighted by Crippen LogP contribution is 2.28. The van der Waals surface area contributed by atoms with Crippen LogP contribution in [0.15, 0.2) is 51.8 Å². The highest BCUT2D eigenvalue weighted by Gasteiger charge is 2.22. The third kappa shape index (κ3) is 4.54. The molecule has 25 heavy (non-hydrogen) atoms. The number of rotatable bonds is 6. The van der Waals surface area contributed by atoms with E-state index in [0.29, 0.717) is 0 Å². The fourth-order valence-electron chi connectivity index (χ4n) is 1.87. The van der Waals surface area contributed by atoms with Gasteiger partial charge in [0.25, 0.3) is 5.69 Å². The van der Waals surface area contributed by atoms with Gasteiger partial charge in [0, 0.05) is 10.5 Å². The Kier molecular flexibility index (Phi) is 5.75. The van der Waals surface area contributed by atoms with Gasteiger partial charge in [0.2, 0.25) is 0 Å². The molecule has 2 aromatic carbocycles. The Balaban J connectivity index is 2.32. The summed E-state index contributed by atoms with van der Waals surface area (Å²) in [6, 6.07) is 8.56. The number of hydrogen-bond acceptors (Lipinski definition) is 7. The Hall–Kier alpha value is -2.46. The van der Waals surface area contributed by atoms with E-state index >= 15 is 0 Å². The smallest absolute Gasteiger partial charge is 0.340 e. The van der Waals surface area contributed by atoms with Gasteiger partial charge in [-0.1, -0.05) is 6.07 Å². The van der Waals surface area contributed by atoms with Gasteiger partial charge in [-0.2, -0.15) is 8.42 Å². The molecule has 0 atom stereocenters. The van der Waals surface area contributed by atoms with Gasteiger partial charge < -0.3 is 8.92 Å². The highest BCUT2D eigenvalue weighted by atomic mass is 79.9. The first-order chi connectivity index (χ1) is 11.7. The number of ether oxygens (including phenoxy) is 1. The van der Waals surface area contributed by atoms with Gasteiger partial charge in [-0.25, -0.2) is 4.79 Å². The Morgan fingerprint density at radius 1 is 1.24 bits per heavy atom. The van der Waals surface area contributed by atoms with E-state index in [2.05, 4.69) is 15.9 Å². The molecule has 0 aliphatic heterocycles. The lowest BCUT2D eigenvalue weighted by molar-refractivity contribution is -0.384. The van der Waals surface area contributed by atoms with E-state index in [1.807, 2.05) is 0 Å². The quantitative estimate of drug-likeness (QED) is 0.299. The van der Waals surface area contributed by atoms with E-state index < -0.39 is 21.0 Å². The summed E-state index contributed by atoms with van der Waals surface area (Å²) < 4.78 is 34.6. The number of hydrogen-bond donors (Lipinski definition) is 0. The van der Waals surface area contributed by atoms with Gasteiger partial charge in [0.05, 0.1) is 23.2 Å². The molecule has 0 bridgehead atoms. The largest absolute Gasteiger partial charge is 0.462 e. The zero-order valence-electron chi connectivity index (χ0n) is 12.8. The van der Waals surface area contributed by atoms with Crippen molar-refractivity contribution in [1.29, 1.82) is 0 Å². The maximum Gasteiger partial charge on any atom is 0.340 e. The molecule has 132 valence electrons. The molecule has 0 radical (unpaired) electrons. The maximum atomic E-state index is 12.4. The lowest BCUT2D eigenvalue weighted by Crippen LogP contribution is -2.12. The summed E-state index contributed by atoms with van der Waals surface area (Å²) in [6.07, 6.45) is 0. The van der Waals surface area contributed by atoms with E-state index in [4.69, 9.17) is 8.92 Å². The third-order valence-electron chi connectivity index (χ3n) is 2.95. The predicted octanol–water partition coefficient (Wildman–Crippen LogP) is 3.30. The first-order valence-electron chi connectivity index (χ1n) is 6.90. The molecular weight excluding hydrogens is 418 g/mol. The van der Waals surface area contributed by atoms with Crippen LogP contribution in [-0.4, -0.2) is 25.9 Å². The number of carbonyl (C=O) groups excluding carboxylic acids is 1. The van der Waals surface area contributed by atoms with E-state index in [-0.39, 0.29) is 33.0 Å². The number of nitro groups is 1. The molecule has 8 nitrogen and oxygen atoms in total. The van der Waals surface area contributed by atoms with Crippen molar-refractivity contribution in [2.75, 3.05) is 6.61 Å². The molecule has 0 spiro atoms. The van der Waals surface area contributed by atoms with Crippen LogP contribution in [0.5, 0.6) is 5.75 Å². The molecule has 0 unspecified atom stereocenters. The molecule has 0 saturated heterocycles. The zero-order valence-corrected chi connectivity index (χ0v) is 15.2. The van der Waals surface area contributed by atoms with E-state index in [9.17, 15) is 23.3 Å². The third-order valence-corrected chi connectivity index (χ3v) is 5.17. The molecule has 2 rings (SSSR count). The molecule has 0 aromatic heterocycles. The van der Waals surface area contributed by atoms with Crippen LogP contribution in [-0.2, 0) is 14.9 Å². The van der Waals surface area contributed by atoms with Crippen LogP contribution in [0.4, 0.5) is 5.69 Å². The van der Waals surface area contributed by atoms with Gasteiger partial charge in [0.15, 0.2) is 0 Å². The van der Waals surface area contributed by atoms with Crippen LogP contribution in [0, 0.1) is 10.1 Å². The van der Waals surface area contributed by atoms with Gasteiger partial charge in [0.1, 0.15) is 10.6 Å². The molecular formula is C15H12BrNO7S. The van der Waals surface area contributed by atoms with Gasteiger partial charge >= 0.3 is 16.1 Å². The lowest BCUT2D eigenvalue weighted by atomic mass is 10.2. The van der Waals surface area contributed by atoms with Crippen molar-refractivity contribution in [2.24, 2.45) is 0 Å². The number of nitrogens with zero attached hydrogens (tertiary/aromatic N) is 1. The molecule has 10 heteroatoms. The summed E-state index contributed by atoms with van der Waals surface area (Å²) in [6.45, 7) is 1.84. The Morgan fingerprint density at radius 2 is 1.96 bits per heavy atom. The van der Waals surface area contributed by atoms with Crippen molar-refractivity contribution in [2.45, 2.75) is 11.8 Å². The zero-order chi connectivity index (χ0) is 18.6. The van der Waals surface area contributed by atoms with Crippen molar-refractivity contribution >= 4 is 37.7 Å². The second kappa shape index (κ2) is 7.62. The van der Waals surface area contributed by atoms with Crippen LogP contribution in [0.2, 0.25) is 0 Å². The van der Waals surface area contributed by atoms with Gasteiger partial charge in [-0.05, 0) is 47.1 Å². The van der Waals surface area contributed by atoms with Crippen LogP contribution < -0.4 is 4.18 Å². The van der Waals surface area contributed by atoms with Crippen LogP contribution in [0.3, 0.4) is 0 Å². The topological polar surface area (TPSA) is 113 Å². The molecule has 0 heterocycles. The van der Waals surface area contributed by atoms with Crippen LogP contribution in [0.25, 0.3) is 0 Å². The summed E-state index contributed by atoms with van der Waals surface area (Å²) in [5.41, 5.74) is -0.132. The number of carbonyl (C=O) groups is 1. The summed E-state index contributed by atoms with van der Waals surface area (Å²) in [7, 11) is -4.26. The summed E-state index contributed by atoms with van der Waals surface area (Å²) >= 11 is 3.08. The first-order valence-corrected chi connectivity index (χ1v) is 9.10. The minimum absolute atomic E-state index is 0.100. The lowest BCUT2D eigenvalue weighted by Gasteiger charge is -2.09. The fourth-order valence-corrected chi connectivity index (χ4v) is 3.82. The number of esters is 1. The van der Waals surface area contributed by atoms with E-state index in [1.165, 1.54) is 36.4 Å². The molecule has 0 aliphatic carbocycles. The summed E-state index contributed by atoms with van der Waals surface area (Å²) in [5, 5.41) is 10.7. The standard InChI is InChI=1S/C15H12BrNO7S/c1-2-23-15(18)10-6-7-14(13(16)8-10)25(21,22)24-12-5-3-4-11(9-12)17(19)20/h3-9H,2H2,1H3. The Morgan fingerprint density at radius 3 is 2.56 bits per heavy atom. The summed E-state index contributed by atoms with van der Waals surface area (Å²) in [5.74, 6) is -0.790. The first kappa shape index (κ1) is 18.9. The average Bonchev–Trinajstić information content (AvgIpc) is 2.54. The average molecular weight is 430 g/mol. The maximum absolute atomic E-state index is 12.4. The fraction of sp³-hybridized carbons (Fsp3) is 0.133. The van der Waals surface area contributed by atoms with Crippen molar-refractivity contribution in [3.8, 4) is 5.75 Å². The number of nitro benzene ring substituents is 1. The Bertz CT molecular complexity index is 927. The molecule has 0 N–H and O–H groups in total. The van der Waals surface area contributed by atoms with Gasteiger partial charge in [-0.3, -0.25) is 10.1 Å². The molecule has 0 aliphatic rings. The minimum Gasteiger partial charge on any atom is -0.462 e. The van der Waals surface area contributed by atoms with Crippen LogP contribution >= 0.6 is 15.9 Å². The predicted molar refractivity (Wildman–Crippen MR) is 91.0 cm³/mol. The second-order valence-corrected chi connectivity index (χ2v) is 7.03. The monoisotopic (exact) mass is 429 g/mol. The molecule has 0 saturated carbocycles. The number of halogens is 1. The van der Waals surface area contributed by atoms with Gasteiger partial charge in [-0.15, -0.1) is 0 Å². The Labute approximate surface area is 151 Å². The highest BCUT2D eigenvalue weighted by molar-refractivity contribution is 9.10. The van der Waals surface area contributed by atoms with Crippen molar-refractivity contribution in [3.05, 3.63) is 62.6 Å². The van der Waals surface area contributed by atoms with E-state index in [0.717, 1.165) is 6.07 Å². The normalized spacial score (nSPS) is 11.0. The van der Waals surface area contributed by atoms with Crippen molar-refractivity contribution < 1.29 is 27.1 Å². The molecule has 2 aromatic rings. The van der Waals surface area contributed by atoms with Crippen LogP contribution in [0.1, 0.15) is 17.3 Å². The SMILES string of the molecule is CCOC(=O)c1ccc(S(=O)(=O)Oc2cccc([N+](=O)[O-])c2)c(Br)c1. The van der Waals surface area contributed by atoms with Crippen molar-refractivity contribution in [3.63, 3.8) is 0 Å². The molecule has 0 fully saturated rings. The van der Waals surface area contributed by atoms with Crippen molar-refractivity contribution in [1.82, 2.24) is 0 Å². The second-order valence-electron chi connectivity index (χ2n) is 4.66. The number of non-ortho nitro benzene ring substituents is 1. The number of benzene rings is 2.